The normalized spacial score (nSPS) is 23.8. The lowest BCUT2D eigenvalue weighted by molar-refractivity contribution is 0.0618. The van der Waals surface area contributed by atoms with Crippen molar-refractivity contribution in [2.24, 2.45) is 0 Å². The molecule has 0 bridgehead atoms. The molecule has 1 aromatic heterocycles. The van der Waals surface area contributed by atoms with E-state index in [0.717, 1.165) is 43.1 Å². The standard InChI is InChI=1S/C19H25N3O4/c1-12(2)20-18(23)26-15-8-9-19(11-25-19)17-16(15)21-22(17)10-13-4-6-14(24-3)7-5-13/h4-7,12,15,21H,8-11H2,1-3H3,(H,20,23)/t15-,19-/m1/s1. The van der Waals surface area contributed by atoms with Crippen LogP contribution in [0.4, 0.5) is 4.79 Å². The summed E-state index contributed by atoms with van der Waals surface area (Å²) < 4.78 is 18.7. The molecule has 1 saturated heterocycles. The zero-order valence-corrected chi connectivity index (χ0v) is 15.4. The van der Waals surface area contributed by atoms with Gasteiger partial charge in [-0.15, -0.1) is 0 Å². The van der Waals surface area contributed by atoms with Crippen molar-refractivity contribution >= 4 is 6.09 Å². The summed E-state index contributed by atoms with van der Waals surface area (Å²) in [5, 5.41) is 6.14. The largest absolute Gasteiger partial charge is 0.497 e. The van der Waals surface area contributed by atoms with E-state index in [9.17, 15) is 4.79 Å². The number of hydrogen-bond donors (Lipinski definition) is 2. The van der Waals surface area contributed by atoms with E-state index in [4.69, 9.17) is 14.2 Å². The van der Waals surface area contributed by atoms with Crippen LogP contribution in [0, 0.1) is 0 Å². The van der Waals surface area contributed by atoms with Gasteiger partial charge in [-0.05, 0) is 44.4 Å². The Morgan fingerprint density at radius 3 is 2.77 bits per heavy atom. The van der Waals surface area contributed by atoms with Gasteiger partial charge in [0.15, 0.2) is 0 Å². The molecule has 2 aromatic rings. The van der Waals surface area contributed by atoms with Gasteiger partial charge in [0, 0.05) is 6.04 Å². The van der Waals surface area contributed by atoms with Gasteiger partial charge in [0.1, 0.15) is 17.5 Å². The summed E-state index contributed by atoms with van der Waals surface area (Å²) in [6, 6.07) is 8.06. The summed E-state index contributed by atoms with van der Waals surface area (Å²) >= 11 is 0. The van der Waals surface area contributed by atoms with E-state index in [1.165, 1.54) is 5.56 Å². The molecule has 2 atom stereocenters. The minimum absolute atomic E-state index is 0.0542. The first-order valence-corrected chi connectivity index (χ1v) is 9.03. The average Bonchev–Trinajstić information content (AvgIpc) is 3.34. The number of aromatic nitrogens is 2. The van der Waals surface area contributed by atoms with Gasteiger partial charge >= 0.3 is 6.09 Å². The second-order valence-electron chi connectivity index (χ2n) is 7.32. The van der Waals surface area contributed by atoms with Crippen molar-refractivity contribution in [2.75, 3.05) is 13.7 Å². The summed E-state index contributed by atoms with van der Waals surface area (Å²) in [7, 11) is 1.66. The Bertz CT molecular complexity index is 786. The molecule has 4 rings (SSSR count). The Labute approximate surface area is 152 Å². The van der Waals surface area contributed by atoms with Crippen LogP contribution < -0.4 is 10.1 Å². The first-order valence-electron chi connectivity index (χ1n) is 9.03. The third kappa shape index (κ3) is 3.07. The monoisotopic (exact) mass is 359 g/mol. The van der Waals surface area contributed by atoms with Crippen LogP contribution >= 0.6 is 0 Å². The number of nitrogens with one attached hydrogen (secondary N) is 2. The minimum atomic E-state index is -0.375. The molecule has 1 aromatic carbocycles. The Kier molecular flexibility index (Phi) is 4.19. The van der Waals surface area contributed by atoms with Crippen LogP contribution in [0.5, 0.6) is 5.75 Å². The molecule has 1 fully saturated rings. The Hall–Kier alpha value is -2.41. The highest BCUT2D eigenvalue weighted by atomic mass is 16.6. The van der Waals surface area contributed by atoms with Crippen molar-refractivity contribution < 1.29 is 19.0 Å². The highest BCUT2D eigenvalue weighted by Crippen LogP contribution is 2.52. The van der Waals surface area contributed by atoms with E-state index in [2.05, 4.69) is 15.1 Å². The third-order valence-electron chi connectivity index (χ3n) is 4.99. The Morgan fingerprint density at radius 2 is 2.15 bits per heavy atom. The molecule has 2 heterocycles. The fourth-order valence-corrected chi connectivity index (χ4v) is 3.61. The minimum Gasteiger partial charge on any atom is -0.497 e. The van der Waals surface area contributed by atoms with Gasteiger partial charge in [-0.25, -0.2) is 4.79 Å². The number of rotatable bonds is 5. The van der Waals surface area contributed by atoms with Gasteiger partial charge in [-0.1, -0.05) is 12.1 Å². The van der Waals surface area contributed by atoms with Crippen LogP contribution in [-0.4, -0.2) is 35.6 Å². The Morgan fingerprint density at radius 1 is 1.42 bits per heavy atom. The average molecular weight is 359 g/mol. The smallest absolute Gasteiger partial charge is 0.407 e. The zero-order valence-electron chi connectivity index (χ0n) is 15.4. The molecule has 1 spiro atoms. The number of carbonyl (C=O) groups excluding carboxylic acids is 1. The van der Waals surface area contributed by atoms with E-state index in [-0.39, 0.29) is 23.8 Å². The van der Waals surface area contributed by atoms with Gasteiger partial charge in [0.2, 0.25) is 0 Å². The number of H-pyrrole nitrogens is 1. The van der Waals surface area contributed by atoms with Crippen LogP contribution in [-0.2, 0) is 21.6 Å². The van der Waals surface area contributed by atoms with Gasteiger partial charge in [-0.2, -0.15) is 0 Å². The van der Waals surface area contributed by atoms with E-state index >= 15 is 0 Å². The number of hydrogen-bond acceptors (Lipinski definition) is 4. The van der Waals surface area contributed by atoms with Crippen LogP contribution in [0.15, 0.2) is 24.3 Å². The molecule has 7 heteroatoms. The molecule has 0 unspecified atom stereocenters. The van der Waals surface area contributed by atoms with Gasteiger partial charge in [0.25, 0.3) is 0 Å². The quantitative estimate of drug-likeness (QED) is 0.804. The highest BCUT2D eigenvalue weighted by Gasteiger charge is 2.55. The highest BCUT2D eigenvalue weighted by molar-refractivity contribution is 5.68. The predicted molar refractivity (Wildman–Crippen MR) is 95.2 cm³/mol. The van der Waals surface area contributed by atoms with Crippen molar-refractivity contribution in [1.29, 1.82) is 0 Å². The predicted octanol–water partition coefficient (Wildman–Crippen LogP) is 3.07. The summed E-state index contributed by atoms with van der Waals surface area (Å²) in [4.78, 5) is 12.0. The SMILES string of the molecule is COc1ccc(Cn2[nH]c3c2[C@@]2(CC[C@H]3OC(=O)NC(C)C)CO2)cc1. The van der Waals surface area contributed by atoms with Crippen molar-refractivity contribution in [3.8, 4) is 5.75 Å². The Balaban J connectivity index is 1.51. The van der Waals surface area contributed by atoms with Crippen LogP contribution in [0.1, 0.15) is 49.7 Å². The van der Waals surface area contributed by atoms with E-state index in [1.54, 1.807) is 7.11 Å². The fourth-order valence-electron chi connectivity index (χ4n) is 3.61. The second-order valence-corrected chi connectivity index (χ2v) is 7.32. The summed E-state index contributed by atoms with van der Waals surface area (Å²) in [5.41, 5.74) is 3.07. The molecular weight excluding hydrogens is 334 g/mol. The van der Waals surface area contributed by atoms with Crippen molar-refractivity contribution in [1.82, 2.24) is 15.1 Å². The lowest BCUT2D eigenvalue weighted by Crippen LogP contribution is -2.38. The zero-order chi connectivity index (χ0) is 18.3. The number of amides is 1. The number of epoxide rings is 1. The van der Waals surface area contributed by atoms with Gasteiger partial charge in [-0.3, -0.25) is 9.78 Å². The molecule has 1 aliphatic heterocycles. The van der Waals surface area contributed by atoms with Crippen LogP contribution in [0.3, 0.4) is 0 Å². The fraction of sp³-hybridized carbons (Fsp3) is 0.526. The van der Waals surface area contributed by atoms with Gasteiger partial charge < -0.3 is 19.5 Å². The number of benzene rings is 1. The summed E-state index contributed by atoms with van der Waals surface area (Å²) in [6.07, 6.45) is 1.02. The number of methoxy groups -OCH3 is 1. The van der Waals surface area contributed by atoms with Crippen LogP contribution in [0.25, 0.3) is 0 Å². The van der Waals surface area contributed by atoms with E-state index in [0.29, 0.717) is 0 Å². The molecule has 26 heavy (non-hydrogen) atoms. The topological polar surface area (TPSA) is 80.8 Å². The summed E-state index contributed by atoms with van der Waals surface area (Å²) in [5.74, 6) is 0.842. The number of fused-ring (bicyclic) bond motifs is 2. The molecule has 1 aliphatic carbocycles. The number of carbonyl (C=O) groups is 1. The molecule has 2 aliphatic rings. The van der Waals surface area contributed by atoms with Crippen molar-refractivity contribution in [3.05, 3.63) is 41.2 Å². The lowest BCUT2D eigenvalue weighted by Gasteiger charge is -2.36. The lowest BCUT2D eigenvalue weighted by atomic mass is 9.86. The van der Waals surface area contributed by atoms with Crippen LogP contribution in [0.2, 0.25) is 0 Å². The van der Waals surface area contributed by atoms with Gasteiger partial charge in [0.05, 0.1) is 31.6 Å². The maximum Gasteiger partial charge on any atom is 0.407 e. The molecule has 0 radical (unpaired) electrons. The summed E-state index contributed by atoms with van der Waals surface area (Å²) in [6.45, 7) is 5.28. The maximum atomic E-state index is 12.0. The van der Waals surface area contributed by atoms with Crippen molar-refractivity contribution in [3.63, 3.8) is 0 Å². The first kappa shape index (κ1) is 17.0. The number of aromatic amines is 1. The second kappa shape index (κ2) is 6.39. The molecule has 7 nitrogen and oxygen atoms in total. The van der Waals surface area contributed by atoms with E-state index in [1.807, 2.05) is 38.1 Å². The third-order valence-corrected chi connectivity index (χ3v) is 4.99. The number of alkyl carbamates (subject to hydrolysis) is 1. The molecular formula is C19H25N3O4. The molecule has 1 amide bonds. The number of ether oxygens (including phenoxy) is 3. The van der Waals surface area contributed by atoms with E-state index < -0.39 is 0 Å². The first-order chi connectivity index (χ1) is 12.5. The molecule has 2 N–H and O–H groups in total. The maximum absolute atomic E-state index is 12.0. The number of nitrogens with zero attached hydrogens (tertiary/aromatic N) is 1. The van der Waals surface area contributed by atoms with Crippen molar-refractivity contribution in [2.45, 2.75) is 51.0 Å². The molecule has 0 saturated carbocycles. The molecule has 140 valence electrons.